The monoisotopic (exact) mass is 473 g/mol. The Kier molecular flexibility index (Phi) is 7.21. The van der Waals surface area contributed by atoms with Crippen molar-refractivity contribution in [3.8, 4) is 5.75 Å². The van der Waals surface area contributed by atoms with Gasteiger partial charge in [0, 0.05) is 36.1 Å². The molecular weight excluding hydrogens is 442 g/mol. The Morgan fingerprint density at radius 2 is 1.71 bits per heavy atom. The number of benzene rings is 3. The van der Waals surface area contributed by atoms with Crippen molar-refractivity contribution >= 4 is 23.4 Å². The maximum atomic E-state index is 13.1. The molecule has 2 aliphatic rings. The Hall–Kier alpha value is -2.76. The van der Waals surface area contributed by atoms with Crippen molar-refractivity contribution in [2.75, 3.05) is 17.5 Å². The summed E-state index contributed by atoms with van der Waals surface area (Å²) in [5, 5.41) is 0. The molecule has 0 aliphatic carbocycles. The fourth-order valence-corrected chi connectivity index (χ4v) is 5.68. The van der Waals surface area contributed by atoms with Crippen molar-refractivity contribution in [2.24, 2.45) is 5.92 Å². The Morgan fingerprint density at radius 1 is 0.941 bits per heavy atom. The fourth-order valence-electron chi connectivity index (χ4n) is 4.69. The van der Waals surface area contributed by atoms with Crippen LogP contribution in [0.25, 0.3) is 0 Å². The van der Waals surface area contributed by atoms with Crippen molar-refractivity contribution in [3.05, 3.63) is 89.5 Å². The van der Waals surface area contributed by atoms with Gasteiger partial charge in [0.05, 0.1) is 12.1 Å². The van der Waals surface area contributed by atoms with Gasteiger partial charge in [0.25, 0.3) is 0 Å². The first kappa shape index (κ1) is 23.0. The normalized spacial score (nSPS) is 18.3. The van der Waals surface area contributed by atoms with E-state index in [0.29, 0.717) is 17.9 Å². The number of fused-ring (bicyclic) bond motifs is 1. The average molecular weight is 474 g/mol. The molecule has 0 amide bonds. The van der Waals surface area contributed by atoms with E-state index in [0.717, 1.165) is 55.4 Å². The molecule has 1 saturated heterocycles. The predicted molar refractivity (Wildman–Crippen MR) is 138 cm³/mol. The second-order valence-electron chi connectivity index (χ2n) is 9.02. The van der Waals surface area contributed by atoms with E-state index >= 15 is 0 Å². The second kappa shape index (κ2) is 10.7. The topological polar surface area (TPSA) is 38.8 Å². The number of ether oxygens (including phenoxy) is 2. The minimum Gasteiger partial charge on any atom is -0.489 e. The lowest BCUT2D eigenvalue weighted by Crippen LogP contribution is -2.36. The second-order valence-corrected chi connectivity index (χ2v) is 10.1. The van der Waals surface area contributed by atoms with Gasteiger partial charge in [0.2, 0.25) is 0 Å². The summed E-state index contributed by atoms with van der Waals surface area (Å²) in [6.45, 7) is 4.46. The van der Waals surface area contributed by atoms with Gasteiger partial charge in [-0.3, -0.25) is 4.79 Å². The summed E-state index contributed by atoms with van der Waals surface area (Å²) in [6.07, 6.45) is 3.37. The van der Waals surface area contributed by atoms with Gasteiger partial charge >= 0.3 is 0 Å². The van der Waals surface area contributed by atoms with E-state index < -0.39 is 0 Å². The molecule has 1 fully saturated rings. The van der Waals surface area contributed by atoms with E-state index in [2.05, 4.69) is 65.8 Å². The lowest BCUT2D eigenvalue weighted by molar-refractivity contribution is 0.0119. The number of hydrogen-bond donors (Lipinski definition) is 0. The Morgan fingerprint density at radius 3 is 2.44 bits per heavy atom. The van der Waals surface area contributed by atoms with Crippen LogP contribution < -0.4 is 9.04 Å². The SMILES string of the molecule is CCc1ccc(N(Cc2ccccc2)Sc2ccc3c(c2)C(=O)CC(C2CCOCC2)O3)cc1. The zero-order valence-corrected chi connectivity index (χ0v) is 20.4. The predicted octanol–water partition coefficient (Wildman–Crippen LogP) is 6.72. The zero-order valence-electron chi connectivity index (χ0n) is 19.6. The van der Waals surface area contributed by atoms with E-state index in [4.69, 9.17) is 9.47 Å². The molecule has 0 bridgehead atoms. The van der Waals surface area contributed by atoms with Crippen LogP contribution in [0.3, 0.4) is 0 Å². The van der Waals surface area contributed by atoms with E-state index in [1.165, 1.54) is 11.1 Å². The molecule has 5 rings (SSSR count). The van der Waals surface area contributed by atoms with Gasteiger partial charge in [0.15, 0.2) is 5.78 Å². The van der Waals surface area contributed by atoms with Crippen molar-refractivity contribution < 1.29 is 14.3 Å². The molecule has 0 spiro atoms. The van der Waals surface area contributed by atoms with E-state index in [1.807, 2.05) is 18.2 Å². The molecule has 34 heavy (non-hydrogen) atoms. The molecule has 0 N–H and O–H groups in total. The summed E-state index contributed by atoms with van der Waals surface area (Å²) in [5.74, 6) is 1.30. The minimum absolute atomic E-state index is 0.0333. The average Bonchev–Trinajstić information content (AvgIpc) is 2.90. The molecular formula is C29H31NO3S. The third-order valence-corrected chi connectivity index (χ3v) is 7.75. The first-order valence-electron chi connectivity index (χ1n) is 12.2. The number of carbonyl (C=O) groups is 1. The molecule has 0 aromatic heterocycles. The molecule has 1 atom stereocenters. The van der Waals surface area contributed by atoms with Crippen LogP contribution in [0.15, 0.2) is 77.7 Å². The number of aryl methyl sites for hydroxylation is 1. The van der Waals surface area contributed by atoms with Crippen molar-refractivity contribution in [1.29, 1.82) is 0 Å². The Bertz CT molecular complexity index is 1110. The van der Waals surface area contributed by atoms with Gasteiger partial charge in [-0.25, -0.2) is 0 Å². The molecule has 1 unspecified atom stereocenters. The van der Waals surface area contributed by atoms with Crippen LogP contribution in [-0.2, 0) is 17.7 Å². The van der Waals surface area contributed by atoms with E-state index in [1.54, 1.807) is 11.9 Å². The lowest BCUT2D eigenvalue weighted by atomic mass is 9.87. The number of carbonyl (C=O) groups excluding carboxylic acids is 1. The number of anilines is 1. The van der Waals surface area contributed by atoms with Crippen LogP contribution >= 0.6 is 11.9 Å². The Balaban J connectivity index is 1.37. The van der Waals surface area contributed by atoms with Crippen LogP contribution in [0.1, 0.15) is 47.7 Å². The molecule has 2 heterocycles. The number of rotatable bonds is 7. The van der Waals surface area contributed by atoms with Crippen LogP contribution in [0.4, 0.5) is 5.69 Å². The highest BCUT2D eigenvalue weighted by atomic mass is 32.2. The standard InChI is InChI=1S/C29H31NO3S/c1-2-21-8-10-24(11-9-21)30(20-22-6-4-3-5-7-22)34-25-12-13-28-26(18-25)27(31)19-29(33-28)23-14-16-32-17-15-23/h3-13,18,23,29H,2,14-17,19-20H2,1H3. The van der Waals surface area contributed by atoms with Crippen LogP contribution in [0.5, 0.6) is 5.75 Å². The van der Waals surface area contributed by atoms with Gasteiger partial charge < -0.3 is 13.8 Å². The molecule has 3 aromatic carbocycles. The van der Waals surface area contributed by atoms with Gasteiger partial charge in [0.1, 0.15) is 11.9 Å². The third-order valence-electron chi connectivity index (χ3n) is 6.73. The van der Waals surface area contributed by atoms with Crippen LogP contribution in [-0.4, -0.2) is 25.1 Å². The van der Waals surface area contributed by atoms with Crippen molar-refractivity contribution in [1.82, 2.24) is 0 Å². The molecule has 4 nitrogen and oxygen atoms in total. The van der Waals surface area contributed by atoms with Gasteiger partial charge in [-0.1, -0.05) is 49.4 Å². The summed E-state index contributed by atoms with van der Waals surface area (Å²) in [7, 11) is 0. The molecule has 2 aliphatic heterocycles. The summed E-state index contributed by atoms with van der Waals surface area (Å²) in [5.41, 5.74) is 4.41. The highest BCUT2D eigenvalue weighted by Gasteiger charge is 2.33. The van der Waals surface area contributed by atoms with Gasteiger partial charge in [-0.2, -0.15) is 0 Å². The highest BCUT2D eigenvalue weighted by molar-refractivity contribution is 8.00. The number of hydrogen-bond acceptors (Lipinski definition) is 5. The van der Waals surface area contributed by atoms with E-state index in [9.17, 15) is 4.79 Å². The smallest absolute Gasteiger partial charge is 0.170 e. The first-order chi connectivity index (χ1) is 16.7. The van der Waals surface area contributed by atoms with Crippen molar-refractivity contribution in [2.45, 2.75) is 50.2 Å². The quantitative estimate of drug-likeness (QED) is 0.356. The summed E-state index contributed by atoms with van der Waals surface area (Å²) < 4.78 is 14.1. The fraction of sp³-hybridized carbons (Fsp3) is 0.345. The summed E-state index contributed by atoms with van der Waals surface area (Å²) >= 11 is 1.66. The lowest BCUT2D eigenvalue weighted by Gasteiger charge is -2.33. The van der Waals surface area contributed by atoms with Crippen LogP contribution in [0.2, 0.25) is 0 Å². The van der Waals surface area contributed by atoms with Crippen LogP contribution in [0, 0.1) is 5.92 Å². The highest BCUT2D eigenvalue weighted by Crippen LogP contribution is 2.38. The third kappa shape index (κ3) is 5.31. The zero-order chi connectivity index (χ0) is 23.3. The van der Waals surface area contributed by atoms with Gasteiger partial charge in [-0.05, 0) is 72.7 Å². The van der Waals surface area contributed by atoms with Crippen molar-refractivity contribution in [3.63, 3.8) is 0 Å². The summed E-state index contributed by atoms with van der Waals surface area (Å²) in [4.78, 5) is 14.1. The molecule has 0 saturated carbocycles. The molecule has 0 radical (unpaired) electrons. The number of Topliss-reactive ketones (excluding diaryl/α,β-unsaturated/α-hetero) is 1. The molecule has 5 heteroatoms. The number of ketones is 1. The first-order valence-corrected chi connectivity index (χ1v) is 13.0. The van der Waals surface area contributed by atoms with Gasteiger partial charge in [-0.15, -0.1) is 0 Å². The molecule has 3 aromatic rings. The maximum absolute atomic E-state index is 13.1. The minimum atomic E-state index is -0.0333. The molecule has 176 valence electrons. The number of nitrogens with zero attached hydrogens (tertiary/aromatic N) is 1. The van der Waals surface area contributed by atoms with E-state index in [-0.39, 0.29) is 11.9 Å². The largest absolute Gasteiger partial charge is 0.489 e. The maximum Gasteiger partial charge on any atom is 0.170 e. The summed E-state index contributed by atoms with van der Waals surface area (Å²) in [6, 6.07) is 25.3. The Labute approximate surface area is 206 Å².